The summed E-state index contributed by atoms with van der Waals surface area (Å²) in [5.41, 5.74) is 0.813. The van der Waals surface area contributed by atoms with Gasteiger partial charge in [-0.05, 0) is 45.6 Å². The van der Waals surface area contributed by atoms with Crippen LogP contribution in [0.25, 0.3) is 0 Å². The lowest BCUT2D eigenvalue weighted by Crippen LogP contribution is -2.41. The fraction of sp³-hybridized carbons (Fsp3) is 0.412. The van der Waals surface area contributed by atoms with Gasteiger partial charge in [0.05, 0.1) is 5.54 Å². The molecule has 0 aliphatic carbocycles. The normalized spacial score (nSPS) is 12.0. The van der Waals surface area contributed by atoms with Gasteiger partial charge < -0.3 is 14.7 Å². The number of hydrogen-bond acceptors (Lipinski definition) is 4. The zero-order valence-electron chi connectivity index (χ0n) is 14.1. The Morgan fingerprint density at radius 1 is 1.33 bits per heavy atom. The van der Waals surface area contributed by atoms with Gasteiger partial charge in [-0.2, -0.15) is 0 Å². The molecule has 1 aromatic carbocycles. The van der Waals surface area contributed by atoms with E-state index < -0.39 is 17.7 Å². The molecule has 0 atom stereocenters. The zero-order chi connectivity index (χ0) is 17.9. The van der Waals surface area contributed by atoms with E-state index in [4.69, 9.17) is 0 Å². The van der Waals surface area contributed by atoms with Crippen molar-refractivity contribution in [3.63, 3.8) is 0 Å². The number of nitrogens with zero attached hydrogens (tertiary/aromatic N) is 2. The van der Waals surface area contributed by atoms with Crippen LogP contribution in [0.15, 0.2) is 34.9 Å². The molecule has 2 rings (SSSR count). The second-order valence-corrected chi connectivity index (χ2v) is 6.43. The molecule has 0 saturated heterocycles. The second kappa shape index (κ2) is 7.09. The van der Waals surface area contributed by atoms with Gasteiger partial charge in [0.1, 0.15) is 5.69 Å². The number of nitrogens with one attached hydrogen (secondary N) is 1. The number of amides is 1. The SMILES string of the molecule is CN(C)Cc1cccc(C(=O)NC(C)(C)c2cc(C(F)F)on2)c1. The van der Waals surface area contributed by atoms with Gasteiger partial charge in [-0.1, -0.05) is 17.3 Å². The molecule has 7 heteroatoms. The first kappa shape index (κ1) is 18.1. The Bertz CT molecular complexity index is 711. The molecule has 1 aromatic heterocycles. The van der Waals surface area contributed by atoms with Crippen LogP contribution in [0.4, 0.5) is 8.78 Å². The maximum Gasteiger partial charge on any atom is 0.298 e. The fourth-order valence-corrected chi connectivity index (χ4v) is 2.28. The number of halogens is 2. The lowest BCUT2D eigenvalue weighted by atomic mass is 9.99. The molecule has 1 N–H and O–H groups in total. The number of carbonyl (C=O) groups is 1. The quantitative estimate of drug-likeness (QED) is 0.878. The van der Waals surface area contributed by atoms with E-state index in [2.05, 4.69) is 15.0 Å². The van der Waals surface area contributed by atoms with Crippen LogP contribution >= 0.6 is 0 Å². The Labute approximate surface area is 139 Å². The van der Waals surface area contributed by atoms with Gasteiger partial charge in [-0.15, -0.1) is 0 Å². The average Bonchev–Trinajstić information content (AvgIpc) is 2.97. The highest BCUT2D eigenvalue weighted by atomic mass is 19.3. The van der Waals surface area contributed by atoms with Crippen LogP contribution in [-0.4, -0.2) is 30.1 Å². The molecule has 0 aliphatic heterocycles. The molecule has 0 radical (unpaired) electrons. The van der Waals surface area contributed by atoms with Crippen molar-refractivity contribution in [3.8, 4) is 0 Å². The average molecular weight is 337 g/mol. The van der Waals surface area contributed by atoms with Gasteiger partial charge in [0.25, 0.3) is 12.3 Å². The van der Waals surface area contributed by atoms with E-state index in [0.29, 0.717) is 12.1 Å². The summed E-state index contributed by atoms with van der Waals surface area (Å²) in [7, 11) is 3.89. The van der Waals surface area contributed by atoms with Gasteiger partial charge in [0, 0.05) is 18.2 Å². The number of hydrogen-bond donors (Lipinski definition) is 1. The summed E-state index contributed by atoms with van der Waals surface area (Å²) in [6.45, 7) is 4.08. The summed E-state index contributed by atoms with van der Waals surface area (Å²) in [4.78, 5) is 14.5. The summed E-state index contributed by atoms with van der Waals surface area (Å²) in [5, 5.41) is 6.44. The Kier molecular flexibility index (Phi) is 5.33. The molecule has 0 saturated carbocycles. The van der Waals surface area contributed by atoms with Crippen molar-refractivity contribution >= 4 is 5.91 Å². The highest BCUT2D eigenvalue weighted by Gasteiger charge is 2.29. The number of alkyl halides is 2. The minimum atomic E-state index is -2.74. The number of rotatable bonds is 6. The molecule has 130 valence electrons. The van der Waals surface area contributed by atoms with Crippen LogP contribution in [-0.2, 0) is 12.1 Å². The first-order valence-electron chi connectivity index (χ1n) is 7.50. The van der Waals surface area contributed by atoms with E-state index in [1.807, 2.05) is 31.1 Å². The largest absolute Gasteiger partial charge is 0.355 e. The Morgan fingerprint density at radius 2 is 2.04 bits per heavy atom. The second-order valence-electron chi connectivity index (χ2n) is 6.43. The van der Waals surface area contributed by atoms with Crippen molar-refractivity contribution < 1.29 is 18.1 Å². The lowest BCUT2D eigenvalue weighted by molar-refractivity contribution is 0.0906. The third-order valence-corrected chi connectivity index (χ3v) is 3.50. The van der Waals surface area contributed by atoms with Crippen molar-refractivity contribution in [3.05, 3.63) is 52.9 Å². The smallest absolute Gasteiger partial charge is 0.298 e. The molecule has 5 nitrogen and oxygen atoms in total. The predicted octanol–water partition coefficient (Wildman–Crippen LogP) is 3.34. The molecule has 1 amide bonds. The highest BCUT2D eigenvalue weighted by molar-refractivity contribution is 5.94. The highest BCUT2D eigenvalue weighted by Crippen LogP contribution is 2.25. The van der Waals surface area contributed by atoms with Gasteiger partial charge in [0.15, 0.2) is 0 Å². The van der Waals surface area contributed by atoms with Gasteiger partial charge in [-0.25, -0.2) is 8.78 Å². The van der Waals surface area contributed by atoms with E-state index in [-0.39, 0.29) is 11.6 Å². The summed E-state index contributed by atoms with van der Waals surface area (Å²) < 4.78 is 29.8. The molecule has 1 heterocycles. The van der Waals surface area contributed by atoms with Crippen molar-refractivity contribution in [1.29, 1.82) is 0 Å². The molecule has 0 fully saturated rings. The third kappa shape index (κ3) is 4.38. The van der Waals surface area contributed by atoms with Gasteiger partial charge >= 0.3 is 0 Å². The van der Waals surface area contributed by atoms with E-state index in [1.54, 1.807) is 26.0 Å². The van der Waals surface area contributed by atoms with Crippen LogP contribution < -0.4 is 5.32 Å². The topological polar surface area (TPSA) is 58.4 Å². The molecule has 0 spiro atoms. The maximum absolute atomic E-state index is 12.6. The summed E-state index contributed by atoms with van der Waals surface area (Å²) in [6.07, 6.45) is -2.74. The number of benzene rings is 1. The monoisotopic (exact) mass is 337 g/mol. The van der Waals surface area contributed by atoms with E-state index in [9.17, 15) is 13.6 Å². The van der Waals surface area contributed by atoms with E-state index in [1.165, 1.54) is 0 Å². The fourth-order valence-electron chi connectivity index (χ4n) is 2.28. The molecule has 0 aliphatic rings. The molecule has 24 heavy (non-hydrogen) atoms. The first-order chi connectivity index (χ1) is 11.2. The van der Waals surface area contributed by atoms with Crippen molar-refractivity contribution in [2.45, 2.75) is 32.4 Å². The molecular formula is C17H21F2N3O2. The third-order valence-electron chi connectivity index (χ3n) is 3.50. The number of aromatic nitrogens is 1. The summed E-state index contributed by atoms with van der Waals surface area (Å²) >= 11 is 0. The maximum atomic E-state index is 12.6. The Morgan fingerprint density at radius 3 is 2.62 bits per heavy atom. The Hall–Kier alpha value is -2.28. The van der Waals surface area contributed by atoms with Crippen molar-refractivity contribution in [2.24, 2.45) is 0 Å². The molecule has 0 unspecified atom stereocenters. The van der Waals surface area contributed by atoms with Crippen LogP contribution in [0, 0.1) is 0 Å². The van der Waals surface area contributed by atoms with Crippen LogP contribution in [0.1, 0.15) is 47.6 Å². The van der Waals surface area contributed by atoms with Crippen molar-refractivity contribution in [1.82, 2.24) is 15.4 Å². The Balaban J connectivity index is 2.15. The van der Waals surface area contributed by atoms with E-state index >= 15 is 0 Å². The van der Waals surface area contributed by atoms with Crippen LogP contribution in [0.2, 0.25) is 0 Å². The molecule has 2 aromatic rings. The standard InChI is InChI=1S/C17H21F2N3O2/c1-17(2,14-9-13(15(18)19)24-21-14)20-16(23)12-7-5-6-11(8-12)10-22(3)4/h5-9,15H,10H2,1-4H3,(H,20,23). The van der Waals surface area contributed by atoms with Gasteiger partial charge in [0.2, 0.25) is 5.76 Å². The first-order valence-corrected chi connectivity index (χ1v) is 7.50. The minimum Gasteiger partial charge on any atom is -0.355 e. The van der Waals surface area contributed by atoms with Gasteiger partial charge in [-0.3, -0.25) is 4.79 Å². The van der Waals surface area contributed by atoms with Crippen molar-refractivity contribution in [2.75, 3.05) is 14.1 Å². The predicted molar refractivity (Wildman–Crippen MR) is 85.8 cm³/mol. The minimum absolute atomic E-state index is 0.246. The zero-order valence-corrected chi connectivity index (χ0v) is 14.1. The lowest BCUT2D eigenvalue weighted by Gasteiger charge is -2.23. The van der Waals surface area contributed by atoms with Crippen LogP contribution in [0.5, 0.6) is 0 Å². The van der Waals surface area contributed by atoms with E-state index in [0.717, 1.165) is 11.6 Å². The molecule has 0 bridgehead atoms. The molecular weight excluding hydrogens is 316 g/mol. The number of carbonyl (C=O) groups excluding carboxylic acids is 1. The summed E-state index contributed by atoms with van der Waals surface area (Å²) in [6, 6.07) is 8.42. The van der Waals surface area contributed by atoms with Crippen LogP contribution in [0.3, 0.4) is 0 Å². The summed E-state index contributed by atoms with van der Waals surface area (Å²) in [5.74, 6) is -0.817.